The predicted octanol–water partition coefficient (Wildman–Crippen LogP) is 1.28. The number of fused-ring (bicyclic) bond motifs is 1. The zero-order valence-electron chi connectivity index (χ0n) is 7.27. The minimum absolute atomic E-state index is 0.388. The summed E-state index contributed by atoms with van der Waals surface area (Å²) in [5.41, 5.74) is 0.874. The molecule has 0 amide bonds. The van der Waals surface area contributed by atoms with Crippen molar-refractivity contribution in [2.45, 2.75) is 0 Å². The summed E-state index contributed by atoms with van der Waals surface area (Å²) in [4.78, 5) is 11.4. The van der Waals surface area contributed by atoms with Crippen molar-refractivity contribution in [3.05, 3.63) is 28.6 Å². The van der Waals surface area contributed by atoms with E-state index in [9.17, 15) is 4.79 Å². The molecule has 0 radical (unpaired) electrons. The number of hydrogen-bond donors (Lipinski definition) is 0. The van der Waals surface area contributed by atoms with Crippen molar-refractivity contribution < 1.29 is 9.53 Å². The molecule has 0 saturated heterocycles. The van der Waals surface area contributed by atoms with E-state index in [2.05, 4.69) is 30.9 Å². The number of esters is 1. The van der Waals surface area contributed by atoms with E-state index >= 15 is 0 Å². The number of aromatic nitrogens is 3. The maximum absolute atomic E-state index is 11.4. The quantitative estimate of drug-likeness (QED) is 0.721. The number of carbonyl (C=O) groups is 1. The fraction of sp³-hybridized carbons (Fsp3) is 0.125. The molecule has 0 spiro atoms. The standard InChI is InChI=1S/C8H6BrN3O2/c1-14-8(13)6-2-5(9)3-12-4-10-11-7(6)12/h2-4H,1H3. The Hall–Kier alpha value is -1.43. The Morgan fingerprint density at radius 2 is 2.43 bits per heavy atom. The Kier molecular flexibility index (Phi) is 2.20. The zero-order chi connectivity index (χ0) is 10.1. The van der Waals surface area contributed by atoms with Gasteiger partial charge >= 0.3 is 5.97 Å². The van der Waals surface area contributed by atoms with E-state index in [0.717, 1.165) is 4.47 Å². The second kappa shape index (κ2) is 3.38. The lowest BCUT2D eigenvalue weighted by Crippen LogP contribution is -2.04. The smallest absolute Gasteiger partial charge is 0.341 e. The van der Waals surface area contributed by atoms with Crippen LogP contribution in [0.1, 0.15) is 10.4 Å². The normalized spacial score (nSPS) is 10.4. The minimum atomic E-state index is -0.427. The van der Waals surface area contributed by atoms with Gasteiger partial charge in [-0.2, -0.15) is 0 Å². The molecule has 0 aliphatic heterocycles. The molecule has 72 valence electrons. The molecule has 0 aromatic carbocycles. The molecular weight excluding hydrogens is 250 g/mol. The van der Waals surface area contributed by atoms with E-state index in [1.54, 1.807) is 16.7 Å². The van der Waals surface area contributed by atoms with Gasteiger partial charge in [0, 0.05) is 10.7 Å². The van der Waals surface area contributed by atoms with Gasteiger partial charge in [-0.3, -0.25) is 4.40 Å². The molecule has 0 fully saturated rings. The summed E-state index contributed by atoms with van der Waals surface area (Å²) < 4.78 is 7.05. The van der Waals surface area contributed by atoms with Gasteiger partial charge in [-0.15, -0.1) is 10.2 Å². The molecule has 0 N–H and O–H groups in total. The Morgan fingerprint density at radius 1 is 1.64 bits per heavy atom. The monoisotopic (exact) mass is 255 g/mol. The van der Waals surface area contributed by atoms with Crippen LogP contribution in [0, 0.1) is 0 Å². The SMILES string of the molecule is COC(=O)c1cc(Br)cn2cnnc12. The summed E-state index contributed by atoms with van der Waals surface area (Å²) in [6.07, 6.45) is 3.29. The van der Waals surface area contributed by atoms with Crippen LogP contribution in [-0.4, -0.2) is 27.7 Å². The number of nitrogens with zero attached hydrogens (tertiary/aromatic N) is 3. The molecular formula is C8H6BrN3O2. The highest BCUT2D eigenvalue weighted by molar-refractivity contribution is 9.10. The van der Waals surface area contributed by atoms with Crippen LogP contribution in [0.3, 0.4) is 0 Å². The van der Waals surface area contributed by atoms with Crippen molar-refractivity contribution in [1.82, 2.24) is 14.6 Å². The van der Waals surface area contributed by atoms with Crippen molar-refractivity contribution in [2.75, 3.05) is 7.11 Å². The van der Waals surface area contributed by atoms with Gasteiger partial charge in [0.15, 0.2) is 5.65 Å². The molecule has 0 aliphatic rings. The third-order valence-electron chi connectivity index (χ3n) is 1.76. The summed E-state index contributed by atoms with van der Waals surface area (Å²) in [6.45, 7) is 0. The molecule has 2 aromatic rings. The third kappa shape index (κ3) is 1.37. The van der Waals surface area contributed by atoms with Gasteiger partial charge in [0.25, 0.3) is 0 Å². The van der Waals surface area contributed by atoms with E-state index in [-0.39, 0.29) is 0 Å². The largest absolute Gasteiger partial charge is 0.465 e. The first kappa shape index (κ1) is 9.14. The van der Waals surface area contributed by atoms with Gasteiger partial charge < -0.3 is 4.74 Å². The van der Waals surface area contributed by atoms with Gasteiger partial charge in [-0.1, -0.05) is 0 Å². The summed E-state index contributed by atoms with van der Waals surface area (Å²) >= 11 is 3.28. The molecule has 0 aliphatic carbocycles. The Balaban J connectivity index is 2.72. The van der Waals surface area contributed by atoms with Crippen LogP contribution in [0.5, 0.6) is 0 Å². The van der Waals surface area contributed by atoms with Crippen LogP contribution in [0.4, 0.5) is 0 Å². The number of methoxy groups -OCH3 is 1. The minimum Gasteiger partial charge on any atom is -0.465 e. The first-order chi connectivity index (χ1) is 6.72. The zero-order valence-corrected chi connectivity index (χ0v) is 8.85. The molecule has 2 heterocycles. The van der Waals surface area contributed by atoms with Crippen molar-refractivity contribution >= 4 is 27.5 Å². The number of carbonyl (C=O) groups excluding carboxylic acids is 1. The average molecular weight is 256 g/mol. The molecule has 0 atom stereocenters. The first-order valence-electron chi connectivity index (χ1n) is 3.79. The molecule has 0 saturated carbocycles. The number of ether oxygens (including phenoxy) is 1. The summed E-state index contributed by atoms with van der Waals surface area (Å²) in [5, 5.41) is 7.52. The number of pyridine rings is 1. The molecule has 5 nitrogen and oxygen atoms in total. The molecule has 6 heteroatoms. The maximum Gasteiger partial charge on any atom is 0.341 e. The van der Waals surface area contributed by atoms with Gasteiger partial charge in [0.05, 0.1) is 7.11 Å². The highest BCUT2D eigenvalue weighted by Gasteiger charge is 2.13. The molecule has 0 unspecified atom stereocenters. The van der Waals surface area contributed by atoms with E-state index in [1.165, 1.54) is 13.4 Å². The average Bonchev–Trinajstić information content (AvgIpc) is 2.62. The lowest BCUT2D eigenvalue weighted by atomic mass is 10.3. The summed E-state index contributed by atoms with van der Waals surface area (Å²) in [7, 11) is 1.33. The van der Waals surface area contributed by atoms with Crippen LogP contribution in [0.2, 0.25) is 0 Å². The van der Waals surface area contributed by atoms with Gasteiger partial charge in [0.2, 0.25) is 0 Å². The van der Waals surface area contributed by atoms with Crippen LogP contribution in [0.15, 0.2) is 23.1 Å². The van der Waals surface area contributed by atoms with E-state index in [1.807, 2.05) is 0 Å². The van der Waals surface area contributed by atoms with Crippen LogP contribution < -0.4 is 0 Å². The Labute approximate surface area is 87.8 Å². The van der Waals surface area contributed by atoms with Crippen molar-refractivity contribution in [2.24, 2.45) is 0 Å². The first-order valence-corrected chi connectivity index (χ1v) is 4.59. The topological polar surface area (TPSA) is 56.5 Å². The lowest BCUT2D eigenvalue weighted by molar-refractivity contribution is 0.0602. The Morgan fingerprint density at radius 3 is 3.14 bits per heavy atom. The number of hydrogen-bond acceptors (Lipinski definition) is 4. The predicted molar refractivity (Wildman–Crippen MR) is 52.0 cm³/mol. The second-order valence-corrected chi connectivity index (χ2v) is 3.54. The van der Waals surface area contributed by atoms with Gasteiger partial charge in [-0.25, -0.2) is 4.79 Å². The van der Waals surface area contributed by atoms with Crippen LogP contribution in [-0.2, 0) is 4.74 Å². The Bertz CT molecular complexity index is 494. The highest BCUT2D eigenvalue weighted by Crippen LogP contribution is 2.16. The lowest BCUT2D eigenvalue weighted by Gasteiger charge is -2.01. The highest BCUT2D eigenvalue weighted by atomic mass is 79.9. The number of halogens is 1. The maximum atomic E-state index is 11.4. The third-order valence-corrected chi connectivity index (χ3v) is 2.20. The molecule has 2 rings (SSSR count). The van der Waals surface area contributed by atoms with Crippen molar-refractivity contribution in [3.8, 4) is 0 Å². The van der Waals surface area contributed by atoms with Crippen LogP contribution in [0.25, 0.3) is 5.65 Å². The second-order valence-electron chi connectivity index (χ2n) is 2.63. The van der Waals surface area contributed by atoms with Crippen molar-refractivity contribution in [3.63, 3.8) is 0 Å². The molecule has 14 heavy (non-hydrogen) atoms. The fourth-order valence-corrected chi connectivity index (χ4v) is 1.61. The van der Waals surface area contributed by atoms with Crippen molar-refractivity contribution in [1.29, 1.82) is 0 Å². The van der Waals surface area contributed by atoms with Gasteiger partial charge in [0.1, 0.15) is 11.9 Å². The van der Waals surface area contributed by atoms with E-state index in [4.69, 9.17) is 0 Å². The van der Waals surface area contributed by atoms with Crippen LogP contribution >= 0.6 is 15.9 Å². The van der Waals surface area contributed by atoms with E-state index < -0.39 is 5.97 Å². The summed E-state index contributed by atoms with van der Waals surface area (Å²) in [6, 6.07) is 1.65. The van der Waals surface area contributed by atoms with E-state index in [0.29, 0.717) is 11.2 Å². The molecule has 2 aromatic heterocycles. The summed E-state index contributed by atoms with van der Waals surface area (Å²) in [5.74, 6) is -0.427. The molecule has 0 bridgehead atoms. The van der Waals surface area contributed by atoms with Gasteiger partial charge in [-0.05, 0) is 22.0 Å². The fourth-order valence-electron chi connectivity index (χ4n) is 1.16. The number of rotatable bonds is 1.